The maximum Gasteiger partial charge on any atom is 0.408 e. The van der Waals surface area contributed by atoms with Gasteiger partial charge in [-0.1, -0.05) is 26.3 Å². The molecule has 0 aliphatic heterocycles. The Morgan fingerprint density at radius 2 is 1.68 bits per heavy atom. The predicted octanol–water partition coefficient (Wildman–Crippen LogP) is 3.60. The summed E-state index contributed by atoms with van der Waals surface area (Å²) in [5.74, 6) is -2.00. The predicted molar refractivity (Wildman–Crippen MR) is 140 cm³/mol. The smallest absolute Gasteiger partial charge is 0.408 e. The third-order valence-electron chi connectivity index (χ3n) is 5.79. The fourth-order valence-electron chi connectivity index (χ4n) is 3.71. The van der Waals surface area contributed by atoms with Gasteiger partial charge in [0.15, 0.2) is 0 Å². The van der Waals surface area contributed by atoms with Crippen molar-refractivity contribution in [1.82, 2.24) is 15.5 Å². The highest BCUT2D eigenvalue weighted by Gasteiger charge is 2.43. The summed E-state index contributed by atoms with van der Waals surface area (Å²) in [6, 6.07) is 2.44. The lowest BCUT2D eigenvalue weighted by atomic mass is 9.91. The zero-order valence-electron chi connectivity index (χ0n) is 23.7. The van der Waals surface area contributed by atoms with Crippen LogP contribution >= 0.6 is 0 Å². The number of carbonyl (C=O) groups excluding carboxylic acids is 4. The molecule has 1 rings (SSSR count). The molecule has 0 saturated carbocycles. The second-order valence-corrected chi connectivity index (χ2v) is 11.1. The molecule has 0 radical (unpaired) electrons. The lowest BCUT2D eigenvalue weighted by molar-refractivity contribution is -0.150. The van der Waals surface area contributed by atoms with Crippen LogP contribution in [0, 0.1) is 12.8 Å². The van der Waals surface area contributed by atoms with Crippen LogP contribution in [0.5, 0.6) is 5.75 Å². The van der Waals surface area contributed by atoms with Gasteiger partial charge in [0.05, 0.1) is 7.11 Å². The standard InChI is InChI=1S/C27H43N3O7/c1-11-16(2)21(29-25(35)37-27(7,8)9)24(34)30(26(4,5)6)22(23(33)28-15-20(32)36-10)18-12-13-19(31)17(3)14-18/h12-14,16,21-22,31H,11,15H2,1-10H3,(H,28,33)(H,29,35). The SMILES string of the molecule is CCC(C)C(NC(=O)OC(C)(C)C)C(=O)N(C(C(=O)NCC(=O)OC)c1ccc(O)c(C)c1)C(C)(C)C. The van der Waals surface area contributed by atoms with E-state index >= 15 is 0 Å². The molecule has 3 amide bonds. The van der Waals surface area contributed by atoms with Crippen molar-refractivity contribution in [2.45, 2.75) is 92.0 Å². The topological polar surface area (TPSA) is 134 Å². The van der Waals surface area contributed by atoms with Crippen LogP contribution < -0.4 is 10.6 Å². The minimum Gasteiger partial charge on any atom is -0.508 e. The first-order valence-corrected chi connectivity index (χ1v) is 12.4. The first-order valence-electron chi connectivity index (χ1n) is 12.4. The number of nitrogens with zero attached hydrogens (tertiary/aromatic N) is 1. The molecule has 3 unspecified atom stereocenters. The van der Waals surface area contributed by atoms with Crippen molar-refractivity contribution in [3.05, 3.63) is 29.3 Å². The molecule has 0 saturated heterocycles. The number of amides is 3. The van der Waals surface area contributed by atoms with Gasteiger partial charge in [-0.15, -0.1) is 0 Å². The molecule has 37 heavy (non-hydrogen) atoms. The quantitative estimate of drug-likeness (QED) is 0.423. The number of hydrogen-bond acceptors (Lipinski definition) is 7. The second-order valence-electron chi connectivity index (χ2n) is 11.1. The van der Waals surface area contributed by atoms with E-state index in [4.69, 9.17) is 4.74 Å². The molecule has 3 N–H and O–H groups in total. The monoisotopic (exact) mass is 521 g/mol. The Hall–Kier alpha value is -3.30. The Kier molecular flexibility index (Phi) is 11.0. The first-order chi connectivity index (χ1) is 16.9. The van der Waals surface area contributed by atoms with Crippen LogP contribution in [0.15, 0.2) is 18.2 Å². The van der Waals surface area contributed by atoms with Crippen molar-refractivity contribution in [2.24, 2.45) is 5.92 Å². The summed E-state index contributed by atoms with van der Waals surface area (Å²) in [5, 5.41) is 15.3. The maximum atomic E-state index is 14.2. The van der Waals surface area contributed by atoms with Crippen molar-refractivity contribution in [3.8, 4) is 5.75 Å². The number of hydrogen-bond donors (Lipinski definition) is 3. The van der Waals surface area contributed by atoms with E-state index < -0.39 is 47.1 Å². The molecule has 0 bridgehead atoms. The highest BCUT2D eigenvalue weighted by molar-refractivity contribution is 5.93. The van der Waals surface area contributed by atoms with Crippen molar-refractivity contribution in [1.29, 1.82) is 0 Å². The minimum atomic E-state index is -1.18. The molecular formula is C27H43N3O7. The molecule has 0 aliphatic carbocycles. The van der Waals surface area contributed by atoms with Gasteiger partial charge in [-0.25, -0.2) is 4.79 Å². The van der Waals surface area contributed by atoms with Crippen LogP contribution in [-0.2, 0) is 23.9 Å². The number of phenolic OH excluding ortho intramolecular Hbond substituents is 1. The Bertz CT molecular complexity index is 979. The summed E-state index contributed by atoms with van der Waals surface area (Å²) in [7, 11) is 1.21. The number of phenols is 1. The van der Waals surface area contributed by atoms with Gasteiger partial charge in [0.25, 0.3) is 0 Å². The van der Waals surface area contributed by atoms with E-state index in [1.807, 2.05) is 13.8 Å². The number of aromatic hydroxyl groups is 1. The van der Waals surface area contributed by atoms with E-state index in [1.165, 1.54) is 18.1 Å². The fourth-order valence-corrected chi connectivity index (χ4v) is 3.71. The molecule has 10 nitrogen and oxygen atoms in total. The van der Waals surface area contributed by atoms with Crippen LogP contribution in [0.3, 0.4) is 0 Å². The van der Waals surface area contributed by atoms with Gasteiger partial charge in [0.2, 0.25) is 11.8 Å². The molecule has 0 fully saturated rings. The van der Waals surface area contributed by atoms with E-state index in [-0.39, 0.29) is 18.2 Å². The van der Waals surface area contributed by atoms with E-state index in [0.29, 0.717) is 17.5 Å². The van der Waals surface area contributed by atoms with Gasteiger partial charge in [0, 0.05) is 5.54 Å². The van der Waals surface area contributed by atoms with Gasteiger partial charge < -0.3 is 30.1 Å². The van der Waals surface area contributed by atoms with Gasteiger partial charge in [-0.05, 0) is 77.6 Å². The summed E-state index contributed by atoms with van der Waals surface area (Å²) < 4.78 is 10.0. The van der Waals surface area contributed by atoms with Gasteiger partial charge in [0.1, 0.15) is 30.0 Å². The van der Waals surface area contributed by atoms with Crippen LogP contribution in [-0.4, -0.2) is 64.7 Å². The van der Waals surface area contributed by atoms with Crippen LogP contribution in [0.25, 0.3) is 0 Å². The van der Waals surface area contributed by atoms with Crippen molar-refractivity contribution in [3.63, 3.8) is 0 Å². The third kappa shape index (κ3) is 9.26. The zero-order valence-corrected chi connectivity index (χ0v) is 23.7. The molecule has 0 heterocycles. The number of aryl methyl sites for hydroxylation is 1. The second kappa shape index (κ2) is 12.8. The Morgan fingerprint density at radius 3 is 2.14 bits per heavy atom. The molecule has 10 heteroatoms. The lowest BCUT2D eigenvalue weighted by Crippen LogP contribution is -2.60. The average molecular weight is 522 g/mol. The maximum absolute atomic E-state index is 14.2. The van der Waals surface area contributed by atoms with Crippen LogP contribution in [0.1, 0.15) is 79.0 Å². The van der Waals surface area contributed by atoms with E-state index in [1.54, 1.807) is 60.6 Å². The normalized spacial score (nSPS) is 14.1. The largest absolute Gasteiger partial charge is 0.508 e. The number of methoxy groups -OCH3 is 1. The lowest BCUT2D eigenvalue weighted by Gasteiger charge is -2.44. The number of rotatable bonds is 9. The van der Waals surface area contributed by atoms with Crippen LogP contribution in [0.2, 0.25) is 0 Å². The molecule has 0 spiro atoms. The number of carbonyl (C=O) groups is 4. The Morgan fingerprint density at radius 1 is 1.08 bits per heavy atom. The first kappa shape index (κ1) is 31.7. The number of nitrogens with one attached hydrogen (secondary N) is 2. The molecule has 1 aromatic carbocycles. The fraction of sp³-hybridized carbons (Fsp3) is 0.630. The van der Waals surface area contributed by atoms with Gasteiger partial charge >= 0.3 is 12.1 Å². The highest BCUT2D eigenvalue weighted by Crippen LogP contribution is 2.33. The van der Waals surface area contributed by atoms with Gasteiger partial charge in [-0.3, -0.25) is 14.4 Å². The molecular weight excluding hydrogens is 478 g/mol. The van der Waals surface area contributed by atoms with Crippen molar-refractivity contribution >= 4 is 23.9 Å². The molecule has 1 aromatic rings. The molecule has 208 valence electrons. The zero-order chi connectivity index (χ0) is 28.7. The molecule has 3 atom stereocenters. The Labute approximate surface area is 220 Å². The van der Waals surface area contributed by atoms with E-state index in [0.717, 1.165) is 0 Å². The number of esters is 1. The summed E-state index contributed by atoms with van der Waals surface area (Å²) >= 11 is 0. The van der Waals surface area contributed by atoms with Crippen molar-refractivity contribution < 1.29 is 33.8 Å². The highest BCUT2D eigenvalue weighted by atomic mass is 16.6. The summed E-state index contributed by atoms with van der Waals surface area (Å²) in [6.07, 6.45) is -0.172. The molecule has 0 aliphatic rings. The van der Waals surface area contributed by atoms with Crippen molar-refractivity contribution in [2.75, 3.05) is 13.7 Å². The summed E-state index contributed by atoms with van der Waals surface area (Å²) in [5.41, 5.74) is -0.718. The molecule has 0 aromatic heterocycles. The Balaban J connectivity index is 3.64. The van der Waals surface area contributed by atoms with Crippen LogP contribution in [0.4, 0.5) is 4.79 Å². The van der Waals surface area contributed by atoms with E-state index in [9.17, 15) is 24.3 Å². The number of benzene rings is 1. The van der Waals surface area contributed by atoms with Gasteiger partial charge in [-0.2, -0.15) is 0 Å². The number of alkyl carbamates (subject to hydrolysis) is 1. The average Bonchev–Trinajstić information content (AvgIpc) is 2.78. The number of ether oxygens (including phenoxy) is 2. The minimum absolute atomic E-state index is 0.0372. The summed E-state index contributed by atoms with van der Waals surface area (Å²) in [4.78, 5) is 53.5. The summed E-state index contributed by atoms with van der Waals surface area (Å²) in [6.45, 7) is 15.5. The third-order valence-corrected chi connectivity index (χ3v) is 5.79. The van der Waals surface area contributed by atoms with E-state index in [2.05, 4.69) is 15.4 Å².